The fourth-order valence-corrected chi connectivity index (χ4v) is 2.76. The van der Waals surface area contributed by atoms with Gasteiger partial charge in [-0.15, -0.1) is 0 Å². The fraction of sp³-hybridized carbons (Fsp3) is 0.714. The lowest BCUT2D eigenvalue weighted by Gasteiger charge is -2.24. The van der Waals surface area contributed by atoms with Crippen LogP contribution in [0.15, 0.2) is 0 Å². The van der Waals surface area contributed by atoms with Crippen molar-refractivity contribution >= 4 is 5.91 Å². The van der Waals surface area contributed by atoms with Crippen LogP contribution in [0.25, 0.3) is 0 Å². The maximum Gasteiger partial charge on any atom is 0.220 e. The molecule has 1 atom stereocenters. The molecular weight excluding hydrogens is 226 g/mol. The minimum absolute atomic E-state index is 0.159. The summed E-state index contributed by atoms with van der Waals surface area (Å²) in [6.45, 7) is 9.47. The quantitative estimate of drug-likeness (QED) is 0.894. The lowest BCUT2D eigenvalue weighted by Crippen LogP contribution is -2.33. The molecule has 0 aliphatic carbocycles. The van der Waals surface area contributed by atoms with E-state index in [1.165, 1.54) is 11.3 Å². The van der Waals surface area contributed by atoms with Gasteiger partial charge in [0.15, 0.2) is 0 Å². The molecule has 1 aliphatic rings. The van der Waals surface area contributed by atoms with Gasteiger partial charge in [0, 0.05) is 24.2 Å². The maximum absolute atomic E-state index is 11.5. The molecule has 4 nitrogen and oxygen atoms in total. The zero-order valence-electron chi connectivity index (χ0n) is 11.8. The zero-order chi connectivity index (χ0) is 13.3. The molecule has 1 amide bonds. The second-order valence-electron chi connectivity index (χ2n) is 5.67. The van der Waals surface area contributed by atoms with Gasteiger partial charge in [0.25, 0.3) is 0 Å². The minimum Gasteiger partial charge on any atom is -0.349 e. The Hall–Kier alpha value is -1.32. The molecule has 1 fully saturated rings. The van der Waals surface area contributed by atoms with Crippen molar-refractivity contribution in [2.75, 3.05) is 0 Å². The van der Waals surface area contributed by atoms with E-state index in [1.54, 1.807) is 0 Å². The van der Waals surface area contributed by atoms with Crippen LogP contribution in [0.5, 0.6) is 0 Å². The van der Waals surface area contributed by atoms with E-state index in [0.29, 0.717) is 12.3 Å². The largest absolute Gasteiger partial charge is 0.349 e. The van der Waals surface area contributed by atoms with Crippen LogP contribution in [0.4, 0.5) is 0 Å². The molecule has 4 heteroatoms. The number of aryl methyl sites for hydroxylation is 1. The van der Waals surface area contributed by atoms with Crippen molar-refractivity contribution in [2.24, 2.45) is 5.92 Å². The highest BCUT2D eigenvalue weighted by Crippen LogP contribution is 2.28. The van der Waals surface area contributed by atoms with Crippen molar-refractivity contribution in [3.8, 4) is 0 Å². The van der Waals surface area contributed by atoms with Crippen LogP contribution in [0.2, 0.25) is 0 Å². The van der Waals surface area contributed by atoms with E-state index < -0.39 is 0 Å². The predicted molar refractivity (Wildman–Crippen MR) is 71.3 cm³/mol. The second-order valence-corrected chi connectivity index (χ2v) is 5.67. The number of nitrogens with zero attached hydrogens (tertiary/aromatic N) is 2. The van der Waals surface area contributed by atoms with E-state index >= 15 is 0 Å². The number of hydrogen-bond acceptors (Lipinski definition) is 2. The van der Waals surface area contributed by atoms with Gasteiger partial charge in [0.1, 0.15) is 0 Å². The topological polar surface area (TPSA) is 46.9 Å². The van der Waals surface area contributed by atoms with Crippen LogP contribution in [0.3, 0.4) is 0 Å². The van der Waals surface area contributed by atoms with Crippen molar-refractivity contribution in [2.45, 2.75) is 59.5 Å². The summed E-state index contributed by atoms with van der Waals surface area (Å²) < 4.78 is 2.08. The molecule has 1 aromatic heterocycles. The van der Waals surface area contributed by atoms with Gasteiger partial charge in [-0.1, -0.05) is 13.8 Å². The molecule has 1 aromatic rings. The molecule has 1 N–H and O–H groups in total. The Kier molecular flexibility index (Phi) is 3.73. The maximum atomic E-state index is 11.5. The molecular formula is C14H23N3O. The number of piperidine rings is 1. The zero-order valence-corrected chi connectivity index (χ0v) is 11.8. The van der Waals surface area contributed by atoms with Crippen LogP contribution >= 0.6 is 0 Å². The smallest absolute Gasteiger partial charge is 0.220 e. The second kappa shape index (κ2) is 5.12. The van der Waals surface area contributed by atoms with Gasteiger partial charge in [0.05, 0.1) is 11.7 Å². The van der Waals surface area contributed by atoms with Gasteiger partial charge in [-0.3, -0.25) is 9.48 Å². The number of carbonyl (C=O) groups is 1. The highest BCUT2D eigenvalue weighted by atomic mass is 16.1. The standard InChI is InChI=1S/C14H23N3O/c1-9(2)8-17-11(4)14(10(3)16-17)12-6-5-7-13(18)15-12/h9,12H,5-8H2,1-4H3,(H,15,18)/t12-/m1/s1. The number of amides is 1. The van der Waals surface area contributed by atoms with Gasteiger partial charge in [0.2, 0.25) is 5.91 Å². The Balaban J connectivity index is 2.27. The van der Waals surface area contributed by atoms with Crippen molar-refractivity contribution < 1.29 is 4.79 Å². The first-order valence-corrected chi connectivity index (χ1v) is 6.82. The van der Waals surface area contributed by atoms with Gasteiger partial charge in [-0.25, -0.2) is 0 Å². The van der Waals surface area contributed by atoms with Gasteiger partial charge in [-0.05, 0) is 32.6 Å². The summed E-state index contributed by atoms with van der Waals surface area (Å²) in [5.74, 6) is 0.749. The molecule has 1 saturated heterocycles. The molecule has 1 aliphatic heterocycles. The summed E-state index contributed by atoms with van der Waals surface area (Å²) in [6, 6.07) is 0.159. The number of nitrogens with one attached hydrogen (secondary N) is 1. The lowest BCUT2D eigenvalue weighted by atomic mass is 9.96. The number of aromatic nitrogens is 2. The van der Waals surface area contributed by atoms with Crippen molar-refractivity contribution in [1.82, 2.24) is 15.1 Å². The summed E-state index contributed by atoms with van der Waals surface area (Å²) in [6.07, 6.45) is 2.67. The van der Waals surface area contributed by atoms with E-state index in [9.17, 15) is 4.79 Å². The van der Waals surface area contributed by atoms with E-state index in [0.717, 1.165) is 25.1 Å². The molecule has 18 heavy (non-hydrogen) atoms. The minimum atomic E-state index is 0.159. The molecule has 0 radical (unpaired) electrons. The average Bonchev–Trinajstić information content (AvgIpc) is 2.53. The molecule has 0 saturated carbocycles. The Labute approximate surface area is 109 Å². The lowest BCUT2D eigenvalue weighted by molar-refractivity contribution is -0.123. The van der Waals surface area contributed by atoms with Crippen LogP contribution < -0.4 is 5.32 Å². The van der Waals surface area contributed by atoms with Crippen LogP contribution in [0.1, 0.15) is 56.1 Å². The monoisotopic (exact) mass is 249 g/mol. The van der Waals surface area contributed by atoms with Gasteiger partial charge < -0.3 is 5.32 Å². The normalized spacial score (nSPS) is 20.3. The number of carbonyl (C=O) groups excluding carboxylic acids is 1. The molecule has 0 bridgehead atoms. The first kappa shape index (κ1) is 13.1. The van der Waals surface area contributed by atoms with Crippen molar-refractivity contribution in [3.05, 3.63) is 17.0 Å². The first-order chi connectivity index (χ1) is 8.49. The molecule has 0 aromatic carbocycles. The fourth-order valence-electron chi connectivity index (χ4n) is 2.76. The van der Waals surface area contributed by atoms with Crippen LogP contribution in [-0.2, 0) is 11.3 Å². The Bertz CT molecular complexity index is 448. The number of rotatable bonds is 3. The average molecular weight is 249 g/mol. The Morgan fingerprint density at radius 1 is 1.44 bits per heavy atom. The molecule has 2 rings (SSSR count). The predicted octanol–water partition coefficient (Wildman–Crippen LogP) is 2.50. The Morgan fingerprint density at radius 3 is 2.78 bits per heavy atom. The summed E-state index contributed by atoms with van der Waals surface area (Å²) >= 11 is 0. The van der Waals surface area contributed by atoms with Gasteiger partial charge >= 0.3 is 0 Å². The third-order valence-electron chi connectivity index (χ3n) is 3.56. The molecule has 2 heterocycles. The van der Waals surface area contributed by atoms with E-state index in [-0.39, 0.29) is 11.9 Å². The van der Waals surface area contributed by atoms with Crippen LogP contribution in [0, 0.1) is 19.8 Å². The summed E-state index contributed by atoms with van der Waals surface area (Å²) in [4.78, 5) is 11.5. The van der Waals surface area contributed by atoms with E-state index in [2.05, 4.69) is 35.9 Å². The third kappa shape index (κ3) is 2.57. The highest BCUT2D eigenvalue weighted by molar-refractivity contribution is 5.77. The Morgan fingerprint density at radius 2 is 2.17 bits per heavy atom. The summed E-state index contributed by atoms with van der Waals surface area (Å²) in [7, 11) is 0. The van der Waals surface area contributed by atoms with Crippen molar-refractivity contribution in [3.63, 3.8) is 0 Å². The summed E-state index contributed by atoms with van der Waals surface area (Å²) in [5, 5.41) is 7.70. The molecule has 0 unspecified atom stereocenters. The van der Waals surface area contributed by atoms with Crippen molar-refractivity contribution in [1.29, 1.82) is 0 Å². The third-order valence-corrected chi connectivity index (χ3v) is 3.56. The first-order valence-electron chi connectivity index (χ1n) is 6.82. The van der Waals surface area contributed by atoms with Crippen LogP contribution in [-0.4, -0.2) is 15.7 Å². The van der Waals surface area contributed by atoms with E-state index in [4.69, 9.17) is 0 Å². The van der Waals surface area contributed by atoms with E-state index in [1.807, 2.05) is 6.92 Å². The molecule has 0 spiro atoms. The van der Waals surface area contributed by atoms with Gasteiger partial charge in [-0.2, -0.15) is 5.10 Å². The summed E-state index contributed by atoms with van der Waals surface area (Å²) in [5.41, 5.74) is 3.48. The molecule has 100 valence electrons. The highest BCUT2D eigenvalue weighted by Gasteiger charge is 2.25. The number of hydrogen-bond donors (Lipinski definition) is 1. The SMILES string of the molecule is Cc1nn(CC(C)C)c(C)c1[C@H]1CCCC(=O)N1.